The molecule has 37 heavy (non-hydrogen) atoms. The molecular weight excluding hydrogens is 466 g/mol. The monoisotopic (exact) mass is 505 g/mol. The topological polar surface area (TPSA) is 110 Å². The standard InChI is InChI=1S/C27H39N9O/c1-3-23-27(31-19-8-13-37-17-19)33-24-22(15-29-26(28)25(24)32-23)18-14-30-36(16-18)21-6-11-35(12-7-21)20-4-9-34(2)10-5-20/h14-16,19-21H,3-13,17H2,1-2H3,(H2,28,29)(H,31,33). The summed E-state index contributed by atoms with van der Waals surface area (Å²) in [5.74, 6) is 1.22. The van der Waals surface area contributed by atoms with E-state index >= 15 is 0 Å². The number of rotatable bonds is 6. The fraction of sp³-hybridized carbons (Fsp3) is 0.630. The van der Waals surface area contributed by atoms with Crippen LogP contribution in [0.25, 0.3) is 22.2 Å². The van der Waals surface area contributed by atoms with E-state index in [0.29, 0.717) is 24.0 Å². The van der Waals surface area contributed by atoms with E-state index in [0.717, 1.165) is 79.6 Å². The van der Waals surface area contributed by atoms with Crippen LogP contribution >= 0.6 is 0 Å². The van der Waals surface area contributed by atoms with E-state index in [1.807, 2.05) is 12.4 Å². The summed E-state index contributed by atoms with van der Waals surface area (Å²) >= 11 is 0. The van der Waals surface area contributed by atoms with Gasteiger partial charge in [0.25, 0.3) is 0 Å². The molecule has 3 aromatic rings. The minimum absolute atomic E-state index is 0.253. The lowest BCUT2D eigenvalue weighted by atomic mass is 9.98. The summed E-state index contributed by atoms with van der Waals surface area (Å²) in [6.07, 6.45) is 12.5. The van der Waals surface area contributed by atoms with Crippen LogP contribution in [0.1, 0.15) is 50.8 Å². The average Bonchev–Trinajstić information content (AvgIpc) is 3.62. The Morgan fingerprint density at radius 1 is 1.00 bits per heavy atom. The van der Waals surface area contributed by atoms with Gasteiger partial charge in [-0.05, 0) is 58.7 Å². The number of hydrogen-bond donors (Lipinski definition) is 2. The summed E-state index contributed by atoms with van der Waals surface area (Å²) in [6.45, 7) is 8.27. The van der Waals surface area contributed by atoms with Gasteiger partial charge < -0.3 is 25.6 Å². The average molecular weight is 506 g/mol. The maximum atomic E-state index is 6.26. The Kier molecular flexibility index (Phi) is 6.96. The maximum absolute atomic E-state index is 6.26. The van der Waals surface area contributed by atoms with E-state index in [2.05, 4.69) is 45.0 Å². The molecule has 1 unspecified atom stereocenters. The number of nitrogens with two attached hydrogens (primary N) is 1. The van der Waals surface area contributed by atoms with Crippen LogP contribution in [0.4, 0.5) is 11.6 Å². The van der Waals surface area contributed by atoms with Gasteiger partial charge >= 0.3 is 0 Å². The Balaban J connectivity index is 1.23. The van der Waals surface area contributed by atoms with Crippen molar-refractivity contribution >= 4 is 22.7 Å². The van der Waals surface area contributed by atoms with Gasteiger partial charge in [-0.25, -0.2) is 15.0 Å². The number of nitrogens with one attached hydrogen (secondary N) is 1. The third kappa shape index (κ3) is 5.02. The lowest BCUT2D eigenvalue weighted by molar-refractivity contribution is 0.0851. The highest BCUT2D eigenvalue weighted by atomic mass is 16.5. The number of aromatic nitrogens is 5. The molecule has 3 aromatic heterocycles. The van der Waals surface area contributed by atoms with E-state index in [4.69, 9.17) is 25.5 Å². The molecular formula is C27H39N9O. The largest absolute Gasteiger partial charge is 0.382 e. The van der Waals surface area contributed by atoms with Gasteiger partial charge in [0.05, 0.1) is 30.6 Å². The van der Waals surface area contributed by atoms with Crippen molar-refractivity contribution in [3.63, 3.8) is 0 Å². The normalized spacial score (nSPS) is 22.7. The number of likely N-dealkylation sites (tertiary alicyclic amines) is 2. The number of aryl methyl sites for hydroxylation is 1. The minimum Gasteiger partial charge on any atom is -0.382 e. The van der Waals surface area contributed by atoms with Crippen molar-refractivity contribution in [1.82, 2.24) is 34.5 Å². The molecule has 3 N–H and O–H groups in total. The Morgan fingerprint density at radius 2 is 1.78 bits per heavy atom. The van der Waals surface area contributed by atoms with Crippen LogP contribution < -0.4 is 11.1 Å². The highest BCUT2D eigenvalue weighted by Gasteiger charge is 2.28. The van der Waals surface area contributed by atoms with Crippen LogP contribution in [-0.2, 0) is 11.2 Å². The highest BCUT2D eigenvalue weighted by molar-refractivity contribution is 5.96. The number of fused-ring (bicyclic) bond motifs is 1. The Bertz CT molecular complexity index is 1220. The number of hydrogen-bond acceptors (Lipinski definition) is 9. The van der Waals surface area contributed by atoms with Crippen LogP contribution in [-0.4, -0.2) is 93.1 Å². The van der Waals surface area contributed by atoms with E-state index < -0.39 is 0 Å². The van der Waals surface area contributed by atoms with Gasteiger partial charge in [0.2, 0.25) is 0 Å². The summed E-state index contributed by atoms with van der Waals surface area (Å²) in [4.78, 5) is 19.5. The first-order valence-electron chi connectivity index (χ1n) is 13.9. The van der Waals surface area contributed by atoms with Gasteiger partial charge in [-0.2, -0.15) is 5.10 Å². The molecule has 1 atom stereocenters. The number of pyridine rings is 1. The van der Waals surface area contributed by atoms with Crippen LogP contribution in [0.15, 0.2) is 18.6 Å². The number of ether oxygens (including phenoxy) is 1. The van der Waals surface area contributed by atoms with Crippen LogP contribution in [0.3, 0.4) is 0 Å². The molecule has 198 valence electrons. The van der Waals surface area contributed by atoms with Crippen molar-refractivity contribution in [3.8, 4) is 11.1 Å². The smallest absolute Gasteiger partial charge is 0.151 e. The minimum atomic E-state index is 0.253. The zero-order valence-electron chi connectivity index (χ0n) is 22.1. The molecule has 10 heteroatoms. The van der Waals surface area contributed by atoms with Crippen molar-refractivity contribution in [2.45, 2.75) is 63.6 Å². The van der Waals surface area contributed by atoms with Gasteiger partial charge in [0.15, 0.2) is 5.82 Å². The van der Waals surface area contributed by atoms with Gasteiger partial charge in [-0.1, -0.05) is 6.92 Å². The summed E-state index contributed by atoms with van der Waals surface area (Å²) in [5, 5.41) is 8.34. The molecule has 0 radical (unpaired) electrons. The first-order valence-corrected chi connectivity index (χ1v) is 13.9. The predicted molar refractivity (Wildman–Crippen MR) is 146 cm³/mol. The fourth-order valence-corrected chi connectivity index (χ4v) is 6.06. The maximum Gasteiger partial charge on any atom is 0.151 e. The van der Waals surface area contributed by atoms with E-state index in [9.17, 15) is 0 Å². The van der Waals surface area contributed by atoms with Crippen LogP contribution in [0.5, 0.6) is 0 Å². The van der Waals surface area contributed by atoms with Gasteiger partial charge in [-0.3, -0.25) is 4.68 Å². The Labute approximate surface area is 218 Å². The molecule has 10 nitrogen and oxygen atoms in total. The van der Waals surface area contributed by atoms with Gasteiger partial charge in [0, 0.05) is 49.3 Å². The first kappa shape index (κ1) is 24.5. The van der Waals surface area contributed by atoms with E-state index in [1.54, 1.807) is 0 Å². The third-order valence-corrected chi connectivity index (χ3v) is 8.39. The Hall–Kier alpha value is -2.82. The Morgan fingerprint density at radius 3 is 2.51 bits per heavy atom. The summed E-state index contributed by atoms with van der Waals surface area (Å²) in [6, 6.07) is 1.41. The van der Waals surface area contributed by atoms with Crippen LogP contribution in [0, 0.1) is 0 Å². The molecule has 0 saturated carbocycles. The molecule has 0 spiro atoms. The second kappa shape index (κ2) is 10.5. The number of piperidine rings is 2. The van der Waals surface area contributed by atoms with Crippen molar-refractivity contribution in [1.29, 1.82) is 0 Å². The lowest BCUT2D eigenvalue weighted by Gasteiger charge is -2.41. The van der Waals surface area contributed by atoms with E-state index in [1.165, 1.54) is 25.9 Å². The second-order valence-corrected chi connectivity index (χ2v) is 10.8. The first-order chi connectivity index (χ1) is 18.1. The van der Waals surface area contributed by atoms with Crippen molar-refractivity contribution in [2.75, 3.05) is 57.5 Å². The summed E-state index contributed by atoms with van der Waals surface area (Å²) in [5.41, 5.74) is 10.5. The van der Waals surface area contributed by atoms with Gasteiger partial charge in [-0.15, -0.1) is 0 Å². The third-order valence-electron chi connectivity index (χ3n) is 8.39. The number of nitrogen functional groups attached to an aromatic ring is 1. The van der Waals surface area contributed by atoms with Crippen LogP contribution in [0.2, 0.25) is 0 Å². The van der Waals surface area contributed by atoms with Crippen molar-refractivity contribution in [3.05, 3.63) is 24.3 Å². The summed E-state index contributed by atoms with van der Waals surface area (Å²) in [7, 11) is 2.23. The molecule has 6 rings (SSSR count). The summed E-state index contributed by atoms with van der Waals surface area (Å²) < 4.78 is 7.70. The lowest BCUT2D eigenvalue weighted by Crippen LogP contribution is -2.47. The molecule has 0 amide bonds. The van der Waals surface area contributed by atoms with E-state index in [-0.39, 0.29) is 6.04 Å². The SMILES string of the molecule is CCc1nc2c(N)ncc(-c3cnn(C4CCN(C5CCN(C)CC5)CC4)c3)c2nc1NC1CCOC1. The highest BCUT2D eigenvalue weighted by Crippen LogP contribution is 2.33. The van der Waals surface area contributed by atoms with Gasteiger partial charge in [0.1, 0.15) is 16.9 Å². The van der Waals surface area contributed by atoms with Crippen molar-refractivity contribution in [2.24, 2.45) is 0 Å². The molecule has 3 aliphatic rings. The molecule has 3 fully saturated rings. The predicted octanol–water partition coefficient (Wildman–Crippen LogP) is 2.96. The zero-order chi connectivity index (χ0) is 25.4. The quantitative estimate of drug-likeness (QED) is 0.522. The molecule has 0 bridgehead atoms. The zero-order valence-corrected chi connectivity index (χ0v) is 22.1. The second-order valence-electron chi connectivity index (χ2n) is 10.8. The number of anilines is 2. The molecule has 3 saturated heterocycles. The molecule has 0 aromatic carbocycles. The molecule has 0 aliphatic carbocycles. The number of nitrogens with zero attached hydrogens (tertiary/aromatic N) is 7. The molecule has 3 aliphatic heterocycles. The fourth-order valence-electron chi connectivity index (χ4n) is 6.06. The molecule has 6 heterocycles. The van der Waals surface area contributed by atoms with Crippen molar-refractivity contribution < 1.29 is 4.74 Å².